The first-order valence-corrected chi connectivity index (χ1v) is 8.45. The van der Waals surface area contributed by atoms with Crippen LogP contribution in [0.1, 0.15) is 30.9 Å². The van der Waals surface area contributed by atoms with Crippen LogP contribution in [0.15, 0.2) is 48.0 Å². The minimum atomic E-state index is -0.270. The van der Waals surface area contributed by atoms with E-state index in [-0.39, 0.29) is 12.0 Å². The van der Waals surface area contributed by atoms with Crippen molar-refractivity contribution in [3.8, 4) is 0 Å². The van der Waals surface area contributed by atoms with Crippen LogP contribution in [-0.4, -0.2) is 34.7 Å². The molecule has 0 spiro atoms. The largest absolute Gasteiger partial charge is 0.387 e. The summed E-state index contributed by atoms with van der Waals surface area (Å²) in [7, 11) is 0. The van der Waals surface area contributed by atoms with Gasteiger partial charge in [0.05, 0.1) is 6.20 Å². The minimum absolute atomic E-state index is 0.216. The Balaban J connectivity index is 1.45. The molecule has 1 unspecified atom stereocenters. The minimum Gasteiger partial charge on any atom is -0.387 e. The maximum absolute atomic E-state index is 12.6. The molecule has 0 saturated carbocycles. The fourth-order valence-electron chi connectivity index (χ4n) is 3.14. The molecule has 4 rings (SSSR count). The molecule has 7 nitrogen and oxygen atoms in total. The third-order valence-corrected chi connectivity index (χ3v) is 4.45. The number of hydrogen-bond donors (Lipinski definition) is 1. The molecule has 1 aromatic heterocycles. The number of nitrogens with one attached hydrogen (secondary N) is 1. The van der Waals surface area contributed by atoms with Crippen molar-refractivity contribution < 1.29 is 9.63 Å². The second-order valence-corrected chi connectivity index (χ2v) is 6.16. The fourth-order valence-corrected chi connectivity index (χ4v) is 3.14. The van der Waals surface area contributed by atoms with Crippen molar-refractivity contribution in [3.63, 3.8) is 0 Å². The molecule has 0 bridgehead atoms. The molecule has 1 atom stereocenters. The van der Waals surface area contributed by atoms with Crippen molar-refractivity contribution in [3.05, 3.63) is 48.4 Å². The molecule has 1 aromatic carbocycles. The number of aromatic nitrogens is 2. The highest BCUT2D eigenvalue weighted by Gasteiger charge is 2.28. The van der Waals surface area contributed by atoms with Crippen molar-refractivity contribution in [1.82, 2.24) is 9.97 Å². The summed E-state index contributed by atoms with van der Waals surface area (Å²) < 4.78 is 0. The summed E-state index contributed by atoms with van der Waals surface area (Å²) >= 11 is 0. The van der Waals surface area contributed by atoms with Crippen LogP contribution in [0.3, 0.4) is 0 Å². The van der Waals surface area contributed by atoms with E-state index in [2.05, 4.69) is 25.3 Å². The normalized spacial score (nSPS) is 19.4. The highest BCUT2D eigenvalue weighted by Crippen LogP contribution is 2.29. The summed E-state index contributed by atoms with van der Waals surface area (Å²) in [6.45, 7) is 1.89. The predicted octanol–water partition coefficient (Wildman–Crippen LogP) is 2.53. The lowest BCUT2D eigenvalue weighted by atomic mass is 10.0. The SMILES string of the molecule is O=C(Nc1cncnc1N1CCCC1)C1=NOC(c2ccccc2)C1. The van der Waals surface area contributed by atoms with Crippen LogP contribution in [0.4, 0.5) is 11.5 Å². The van der Waals surface area contributed by atoms with Gasteiger partial charge in [-0.25, -0.2) is 9.97 Å². The Morgan fingerprint density at radius 1 is 1.20 bits per heavy atom. The maximum Gasteiger partial charge on any atom is 0.273 e. The molecule has 2 aromatic rings. The van der Waals surface area contributed by atoms with Gasteiger partial charge in [-0.05, 0) is 18.4 Å². The summed E-state index contributed by atoms with van der Waals surface area (Å²) in [5.74, 6) is 0.494. The molecule has 1 saturated heterocycles. The van der Waals surface area contributed by atoms with Crippen LogP contribution >= 0.6 is 0 Å². The third kappa shape index (κ3) is 3.31. The van der Waals surface area contributed by atoms with Crippen LogP contribution < -0.4 is 10.2 Å². The number of anilines is 2. The Bertz CT molecular complexity index is 787. The lowest BCUT2D eigenvalue weighted by Gasteiger charge is -2.19. The monoisotopic (exact) mass is 337 g/mol. The quantitative estimate of drug-likeness (QED) is 0.927. The van der Waals surface area contributed by atoms with Crippen molar-refractivity contribution >= 4 is 23.1 Å². The topological polar surface area (TPSA) is 79.7 Å². The van der Waals surface area contributed by atoms with Gasteiger partial charge in [-0.1, -0.05) is 35.5 Å². The van der Waals surface area contributed by atoms with Gasteiger partial charge in [-0.3, -0.25) is 4.79 Å². The molecule has 7 heteroatoms. The fraction of sp³-hybridized carbons (Fsp3) is 0.333. The number of benzene rings is 1. The van der Waals surface area contributed by atoms with Crippen molar-refractivity contribution in [2.45, 2.75) is 25.4 Å². The molecule has 1 N–H and O–H groups in total. The second kappa shape index (κ2) is 6.88. The maximum atomic E-state index is 12.6. The molecule has 1 fully saturated rings. The van der Waals surface area contributed by atoms with Gasteiger partial charge in [-0.2, -0.15) is 0 Å². The van der Waals surface area contributed by atoms with E-state index in [9.17, 15) is 4.79 Å². The highest BCUT2D eigenvalue weighted by atomic mass is 16.6. The second-order valence-electron chi connectivity index (χ2n) is 6.16. The first-order chi connectivity index (χ1) is 12.3. The molecule has 2 aliphatic heterocycles. The van der Waals surface area contributed by atoms with Gasteiger partial charge in [0.15, 0.2) is 11.9 Å². The van der Waals surface area contributed by atoms with E-state index in [0.717, 1.165) is 37.3 Å². The van der Waals surface area contributed by atoms with Crippen LogP contribution in [-0.2, 0) is 9.63 Å². The summed E-state index contributed by atoms with van der Waals surface area (Å²) in [4.78, 5) is 28.5. The predicted molar refractivity (Wildman–Crippen MR) is 94.4 cm³/mol. The lowest BCUT2D eigenvalue weighted by molar-refractivity contribution is -0.110. The smallest absolute Gasteiger partial charge is 0.273 e. The average Bonchev–Trinajstić information content (AvgIpc) is 3.35. The first-order valence-electron chi connectivity index (χ1n) is 8.45. The number of carbonyl (C=O) groups excluding carboxylic acids is 1. The van der Waals surface area contributed by atoms with E-state index in [1.165, 1.54) is 6.33 Å². The zero-order valence-corrected chi connectivity index (χ0v) is 13.8. The molecule has 0 radical (unpaired) electrons. The standard InChI is InChI=1S/C18H19N5O2/c24-18(14-10-16(25-22-14)13-6-2-1-3-7-13)21-15-11-19-12-20-17(15)23-8-4-5-9-23/h1-3,6-7,11-12,16H,4-5,8-10H2,(H,21,24). The number of amides is 1. The summed E-state index contributed by atoms with van der Waals surface area (Å²) in [5, 5.41) is 6.85. The van der Waals surface area contributed by atoms with E-state index in [1.54, 1.807) is 6.20 Å². The van der Waals surface area contributed by atoms with E-state index in [4.69, 9.17) is 4.84 Å². The van der Waals surface area contributed by atoms with Crippen molar-refractivity contribution in [2.75, 3.05) is 23.3 Å². The highest BCUT2D eigenvalue weighted by molar-refractivity contribution is 6.43. The van der Waals surface area contributed by atoms with E-state index in [1.807, 2.05) is 30.3 Å². The molecule has 3 heterocycles. The third-order valence-electron chi connectivity index (χ3n) is 4.45. The van der Waals surface area contributed by atoms with Gasteiger partial charge in [0.2, 0.25) is 0 Å². The summed E-state index contributed by atoms with van der Waals surface area (Å²) in [5.41, 5.74) is 2.00. The summed E-state index contributed by atoms with van der Waals surface area (Å²) in [6.07, 6.45) is 5.64. The number of carbonyl (C=O) groups is 1. The average molecular weight is 337 g/mol. The van der Waals surface area contributed by atoms with Crippen molar-refractivity contribution in [2.24, 2.45) is 5.16 Å². The number of oxime groups is 1. The molecule has 2 aliphatic rings. The Labute approximate surface area is 145 Å². The van der Waals surface area contributed by atoms with E-state index in [0.29, 0.717) is 17.8 Å². The number of nitrogens with zero attached hydrogens (tertiary/aromatic N) is 4. The molecular weight excluding hydrogens is 318 g/mol. The summed E-state index contributed by atoms with van der Waals surface area (Å²) in [6, 6.07) is 9.78. The molecule has 25 heavy (non-hydrogen) atoms. The Kier molecular flexibility index (Phi) is 4.28. The lowest BCUT2D eigenvalue weighted by Crippen LogP contribution is -2.26. The Morgan fingerprint density at radius 3 is 2.80 bits per heavy atom. The van der Waals surface area contributed by atoms with Gasteiger partial charge in [0.25, 0.3) is 5.91 Å². The Morgan fingerprint density at radius 2 is 2.00 bits per heavy atom. The van der Waals surface area contributed by atoms with E-state index >= 15 is 0 Å². The van der Waals surface area contributed by atoms with Gasteiger partial charge in [0.1, 0.15) is 17.7 Å². The Hall–Kier alpha value is -2.96. The van der Waals surface area contributed by atoms with Crippen LogP contribution in [0.25, 0.3) is 0 Å². The molecule has 1 amide bonds. The van der Waals surface area contributed by atoms with Gasteiger partial charge < -0.3 is 15.1 Å². The zero-order chi connectivity index (χ0) is 17.1. The van der Waals surface area contributed by atoms with Crippen LogP contribution in [0.2, 0.25) is 0 Å². The van der Waals surface area contributed by atoms with Crippen molar-refractivity contribution in [1.29, 1.82) is 0 Å². The number of rotatable bonds is 4. The van der Waals surface area contributed by atoms with Crippen LogP contribution in [0, 0.1) is 0 Å². The van der Waals surface area contributed by atoms with Gasteiger partial charge in [-0.15, -0.1) is 0 Å². The molecule has 0 aliphatic carbocycles. The van der Waals surface area contributed by atoms with Crippen LogP contribution in [0.5, 0.6) is 0 Å². The first kappa shape index (κ1) is 15.6. The van der Waals surface area contributed by atoms with Gasteiger partial charge in [0, 0.05) is 19.5 Å². The zero-order valence-electron chi connectivity index (χ0n) is 13.8. The van der Waals surface area contributed by atoms with E-state index < -0.39 is 0 Å². The van der Waals surface area contributed by atoms with Gasteiger partial charge >= 0.3 is 0 Å². The molecule has 128 valence electrons. The molecular formula is C18H19N5O2. The number of hydrogen-bond acceptors (Lipinski definition) is 6.